The molecule has 2 nitrogen and oxygen atoms in total. The van der Waals surface area contributed by atoms with E-state index in [9.17, 15) is 0 Å². The normalized spacial score (nSPS) is 30.6. The molecule has 0 bridgehead atoms. The minimum atomic E-state index is 0.159. The standard InChI is InChI=1S/C12H18N2/c1-9-5-6-11-10(7-9)13-8-14(11)12(2,3)4/h5-8,10-11H,1-4H3. The molecule has 1 heterocycles. The maximum absolute atomic E-state index is 4.53. The van der Waals surface area contributed by atoms with Crippen molar-refractivity contribution in [1.82, 2.24) is 4.90 Å². The zero-order valence-electron chi connectivity index (χ0n) is 9.36. The van der Waals surface area contributed by atoms with E-state index in [1.807, 2.05) is 6.34 Å². The molecule has 0 aromatic heterocycles. The number of nitrogens with zero attached hydrogens (tertiary/aromatic N) is 2. The lowest BCUT2D eigenvalue weighted by atomic mass is 9.95. The Kier molecular flexibility index (Phi) is 2.02. The summed E-state index contributed by atoms with van der Waals surface area (Å²) in [5, 5.41) is 0. The third kappa shape index (κ3) is 1.49. The van der Waals surface area contributed by atoms with Crippen LogP contribution in [0.25, 0.3) is 0 Å². The van der Waals surface area contributed by atoms with E-state index < -0.39 is 0 Å². The van der Waals surface area contributed by atoms with Gasteiger partial charge in [0.25, 0.3) is 0 Å². The first-order valence-corrected chi connectivity index (χ1v) is 5.17. The Morgan fingerprint density at radius 1 is 1.36 bits per heavy atom. The molecule has 1 aliphatic heterocycles. The van der Waals surface area contributed by atoms with Crippen molar-refractivity contribution in [2.75, 3.05) is 0 Å². The van der Waals surface area contributed by atoms with Crippen LogP contribution in [0.15, 0.2) is 28.8 Å². The van der Waals surface area contributed by atoms with E-state index in [1.165, 1.54) is 5.57 Å². The number of allylic oxidation sites excluding steroid dienone is 2. The van der Waals surface area contributed by atoms with E-state index in [4.69, 9.17) is 0 Å². The van der Waals surface area contributed by atoms with Crippen molar-refractivity contribution < 1.29 is 0 Å². The van der Waals surface area contributed by atoms with Crippen molar-refractivity contribution in [3.05, 3.63) is 23.8 Å². The second kappa shape index (κ2) is 2.97. The topological polar surface area (TPSA) is 15.6 Å². The average Bonchev–Trinajstić information content (AvgIpc) is 2.45. The third-order valence-corrected chi connectivity index (χ3v) is 2.80. The largest absolute Gasteiger partial charge is 0.349 e. The van der Waals surface area contributed by atoms with Crippen LogP contribution in [0.5, 0.6) is 0 Å². The fourth-order valence-electron chi connectivity index (χ4n) is 2.02. The summed E-state index contributed by atoms with van der Waals surface area (Å²) >= 11 is 0. The van der Waals surface area contributed by atoms with Gasteiger partial charge in [-0.05, 0) is 27.7 Å². The van der Waals surface area contributed by atoms with Gasteiger partial charge >= 0.3 is 0 Å². The Morgan fingerprint density at radius 3 is 2.71 bits per heavy atom. The highest BCUT2D eigenvalue weighted by Crippen LogP contribution is 2.28. The molecule has 0 saturated heterocycles. The second-order valence-electron chi connectivity index (χ2n) is 5.09. The minimum Gasteiger partial charge on any atom is -0.349 e. The van der Waals surface area contributed by atoms with Crippen molar-refractivity contribution in [2.45, 2.75) is 45.3 Å². The van der Waals surface area contributed by atoms with Gasteiger partial charge in [-0.15, -0.1) is 0 Å². The van der Waals surface area contributed by atoms with Gasteiger partial charge in [0.15, 0.2) is 0 Å². The third-order valence-electron chi connectivity index (χ3n) is 2.80. The SMILES string of the molecule is CC1=CC2N=CN(C(C)(C)C)C2C=C1. The first kappa shape index (κ1) is 9.50. The van der Waals surface area contributed by atoms with Crippen molar-refractivity contribution >= 4 is 6.34 Å². The summed E-state index contributed by atoms with van der Waals surface area (Å²) in [6.45, 7) is 8.79. The van der Waals surface area contributed by atoms with Crippen molar-refractivity contribution in [1.29, 1.82) is 0 Å². The second-order valence-corrected chi connectivity index (χ2v) is 5.09. The maximum Gasteiger partial charge on any atom is 0.0942 e. The summed E-state index contributed by atoms with van der Waals surface area (Å²) in [6.07, 6.45) is 8.69. The molecule has 2 heteroatoms. The van der Waals surface area contributed by atoms with Gasteiger partial charge in [-0.1, -0.05) is 23.8 Å². The lowest BCUT2D eigenvalue weighted by Gasteiger charge is -2.37. The van der Waals surface area contributed by atoms with Crippen LogP contribution in [-0.2, 0) is 0 Å². The Bertz CT molecular complexity index is 318. The molecule has 76 valence electrons. The molecule has 2 atom stereocenters. The number of fused-ring (bicyclic) bond motifs is 1. The first-order chi connectivity index (χ1) is 6.48. The van der Waals surface area contributed by atoms with E-state index in [-0.39, 0.29) is 5.54 Å². The molecule has 2 unspecified atom stereocenters. The smallest absolute Gasteiger partial charge is 0.0942 e. The molecule has 2 rings (SSSR count). The molecule has 0 saturated carbocycles. The van der Waals surface area contributed by atoms with Gasteiger partial charge in [0.1, 0.15) is 0 Å². The van der Waals surface area contributed by atoms with E-state index in [2.05, 4.69) is 55.8 Å². The molecule has 1 aliphatic carbocycles. The highest BCUT2D eigenvalue weighted by Gasteiger charge is 2.34. The molecule has 0 radical (unpaired) electrons. The zero-order valence-corrected chi connectivity index (χ0v) is 9.36. The van der Waals surface area contributed by atoms with E-state index in [0.29, 0.717) is 12.1 Å². The fraction of sp³-hybridized carbons (Fsp3) is 0.583. The van der Waals surface area contributed by atoms with Gasteiger partial charge in [-0.25, -0.2) is 0 Å². The molecule has 0 fully saturated rings. The van der Waals surface area contributed by atoms with Crippen LogP contribution >= 0.6 is 0 Å². The molecular formula is C12H18N2. The van der Waals surface area contributed by atoms with Crippen LogP contribution in [0.1, 0.15) is 27.7 Å². The van der Waals surface area contributed by atoms with Gasteiger partial charge in [0.05, 0.1) is 18.4 Å². The number of rotatable bonds is 0. The van der Waals surface area contributed by atoms with Crippen LogP contribution in [0.2, 0.25) is 0 Å². The van der Waals surface area contributed by atoms with Crippen LogP contribution < -0.4 is 0 Å². The van der Waals surface area contributed by atoms with Crippen LogP contribution in [0.4, 0.5) is 0 Å². The summed E-state index contributed by atoms with van der Waals surface area (Å²) in [5.74, 6) is 0. The van der Waals surface area contributed by atoms with E-state index >= 15 is 0 Å². The quantitative estimate of drug-likeness (QED) is 0.572. The van der Waals surface area contributed by atoms with Crippen LogP contribution in [-0.4, -0.2) is 28.9 Å². The van der Waals surface area contributed by atoms with Gasteiger partial charge in [0, 0.05) is 5.54 Å². The van der Waals surface area contributed by atoms with Crippen molar-refractivity contribution in [2.24, 2.45) is 4.99 Å². The summed E-state index contributed by atoms with van der Waals surface area (Å²) < 4.78 is 0. The number of hydrogen-bond acceptors (Lipinski definition) is 2. The van der Waals surface area contributed by atoms with Crippen LogP contribution in [0, 0.1) is 0 Å². The summed E-state index contributed by atoms with van der Waals surface area (Å²) in [5.41, 5.74) is 1.48. The van der Waals surface area contributed by atoms with Crippen molar-refractivity contribution in [3.63, 3.8) is 0 Å². The highest BCUT2D eigenvalue weighted by atomic mass is 15.3. The minimum absolute atomic E-state index is 0.159. The van der Waals surface area contributed by atoms with Gasteiger partial charge < -0.3 is 4.90 Å². The van der Waals surface area contributed by atoms with Gasteiger partial charge in [0.2, 0.25) is 0 Å². The Morgan fingerprint density at radius 2 is 2.07 bits per heavy atom. The first-order valence-electron chi connectivity index (χ1n) is 5.17. The van der Waals surface area contributed by atoms with E-state index in [0.717, 1.165) is 0 Å². The molecule has 2 aliphatic rings. The summed E-state index contributed by atoms with van der Waals surface area (Å²) in [4.78, 5) is 6.86. The lowest BCUT2D eigenvalue weighted by molar-refractivity contribution is 0.216. The molecule has 14 heavy (non-hydrogen) atoms. The molecule has 0 amide bonds. The lowest BCUT2D eigenvalue weighted by Crippen LogP contribution is -2.46. The Hall–Kier alpha value is -1.05. The Labute approximate surface area is 86.0 Å². The molecule has 0 aromatic carbocycles. The van der Waals surface area contributed by atoms with Crippen LogP contribution in [0.3, 0.4) is 0 Å². The zero-order chi connectivity index (χ0) is 10.3. The molecule has 0 aromatic rings. The van der Waals surface area contributed by atoms with Gasteiger partial charge in [-0.2, -0.15) is 0 Å². The molecule has 0 spiro atoms. The van der Waals surface area contributed by atoms with Gasteiger partial charge in [-0.3, -0.25) is 4.99 Å². The van der Waals surface area contributed by atoms with E-state index in [1.54, 1.807) is 0 Å². The summed E-state index contributed by atoms with van der Waals surface area (Å²) in [6, 6.07) is 0.762. The number of hydrogen-bond donors (Lipinski definition) is 0. The monoisotopic (exact) mass is 190 g/mol. The predicted molar refractivity (Wildman–Crippen MR) is 60.6 cm³/mol. The average molecular weight is 190 g/mol. The molecular weight excluding hydrogens is 172 g/mol. The summed E-state index contributed by atoms with van der Waals surface area (Å²) in [7, 11) is 0. The maximum atomic E-state index is 4.53. The highest BCUT2D eigenvalue weighted by molar-refractivity contribution is 5.62. The number of aliphatic imine (C=N–C) groups is 1. The van der Waals surface area contributed by atoms with Crippen molar-refractivity contribution in [3.8, 4) is 0 Å². The predicted octanol–water partition coefficient (Wildman–Crippen LogP) is 2.38. The fourth-order valence-corrected chi connectivity index (χ4v) is 2.02. The molecule has 0 N–H and O–H groups in total. The Balaban J connectivity index is 2.23.